The number of para-hydroxylation sites is 2. The number of aryl methyl sites for hydroxylation is 2. The molecule has 1 amide bonds. The fourth-order valence-corrected chi connectivity index (χ4v) is 3.34. The van der Waals surface area contributed by atoms with Crippen LogP contribution in [0.1, 0.15) is 23.0 Å². The lowest BCUT2D eigenvalue weighted by atomic mass is 10.1. The number of H-pyrrole nitrogens is 1. The van der Waals surface area contributed by atoms with Gasteiger partial charge >= 0.3 is 0 Å². The van der Waals surface area contributed by atoms with E-state index >= 15 is 0 Å². The van der Waals surface area contributed by atoms with Crippen molar-refractivity contribution in [1.82, 2.24) is 30.4 Å². The van der Waals surface area contributed by atoms with Gasteiger partial charge in [0.25, 0.3) is 11.5 Å². The van der Waals surface area contributed by atoms with Crippen molar-refractivity contribution in [1.29, 1.82) is 0 Å². The first-order valence-electron chi connectivity index (χ1n) is 9.74. The maximum atomic E-state index is 12.8. The monoisotopic (exact) mass is 449 g/mol. The molecule has 10 nitrogen and oxygen atoms in total. The first kappa shape index (κ1) is 21.1. The third-order valence-electron chi connectivity index (χ3n) is 4.77. The van der Waals surface area contributed by atoms with Gasteiger partial charge in [-0.05, 0) is 50.3 Å². The van der Waals surface area contributed by atoms with Crippen molar-refractivity contribution in [3.05, 3.63) is 74.4 Å². The average molecular weight is 449 g/mol. The number of hydrogen-bond acceptors (Lipinski definition) is 6. The topological polar surface area (TPSA) is 134 Å². The number of nitrogens with one attached hydrogen (secondary N) is 4. The van der Waals surface area contributed by atoms with E-state index in [0.717, 1.165) is 5.69 Å². The van der Waals surface area contributed by atoms with E-state index < -0.39 is 16.9 Å². The summed E-state index contributed by atoms with van der Waals surface area (Å²) >= 11 is 5.14. The van der Waals surface area contributed by atoms with Gasteiger partial charge in [-0.1, -0.05) is 12.1 Å². The second kappa shape index (κ2) is 8.55. The number of aromatic nitrogens is 4. The van der Waals surface area contributed by atoms with Gasteiger partial charge in [0.2, 0.25) is 5.43 Å². The van der Waals surface area contributed by atoms with Crippen LogP contribution in [0, 0.1) is 6.92 Å². The molecule has 1 aromatic carbocycles. The molecule has 0 saturated carbocycles. The van der Waals surface area contributed by atoms with Crippen molar-refractivity contribution in [3.8, 4) is 0 Å². The number of amides is 1. The van der Waals surface area contributed by atoms with Crippen LogP contribution in [-0.2, 0) is 6.54 Å². The van der Waals surface area contributed by atoms with Crippen LogP contribution in [0.4, 0.5) is 5.82 Å². The number of hydrazine groups is 1. The van der Waals surface area contributed by atoms with Crippen LogP contribution in [0.5, 0.6) is 0 Å². The van der Waals surface area contributed by atoms with Crippen LogP contribution in [0.25, 0.3) is 22.1 Å². The maximum Gasteiger partial charge on any atom is 0.291 e. The van der Waals surface area contributed by atoms with Gasteiger partial charge in [0.05, 0.1) is 16.4 Å². The number of hydrogen-bond donors (Lipinski definition) is 4. The van der Waals surface area contributed by atoms with Gasteiger partial charge in [0.15, 0.2) is 10.9 Å². The van der Waals surface area contributed by atoms with Crippen molar-refractivity contribution >= 4 is 51.1 Å². The lowest BCUT2D eigenvalue weighted by molar-refractivity contribution is 0.0942. The number of benzene rings is 1. The Morgan fingerprint density at radius 1 is 1.12 bits per heavy atom. The zero-order valence-corrected chi connectivity index (χ0v) is 18.0. The molecule has 4 N–H and O–H groups in total. The predicted molar refractivity (Wildman–Crippen MR) is 126 cm³/mol. The molecule has 3 aromatic heterocycles. The van der Waals surface area contributed by atoms with Crippen LogP contribution >= 0.6 is 12.2 Å². The Balaban J connectivity index is 1.52. The van der Waals surface area contributed by atoms with Gasteiger partial charge in [-0.2, -0.15) is 0 Å². The predicted octanol–water partition coefficient (Wildman–Crippen LogP) is 1.59. The Morgan fingerprint density at radius 2 is 1.91 bits per heavy atom. The zero-order valence-electron chi connectivity index (χ0n) is 17.2. The second-order valence-corrected chi connectivity index (χ2v) is 7.35. The lowest BCUT2D eigenvalue weighted by Crippen LogP contribution is -2.45. The maximum absolute atomic E-state index is 12.8. The molecule has 4 rings (SSSR count). The molecule has 0 aliphatic rings. The van der Waals surface area contributed by atoms with Crippen LogP contribution in [0.15, 0.2) is 52.2 Å². The number of fused-ring (bicyclic) bond motifs is 2. The fraction of sp³-hybridized carbons (Fsp3) is 0.143. The third kappa shape index (κ3) is 4.05. The number of nitrogens with zero attached hydrogens (tertiary/aromatic N) is 3. The van der Waals surface area contributed by atoms with E-state index in [1.807, 2.05) is 13.8 Å². The number of aromatic amines is 1. The standard InChI is InChI=1S/C21H19N7O3S/c1-3-28-10-13(16(29)12-9-8-11(2)22-18(12)28)19(30)26-27-21(32)25-17-20(31)24-15-7-5-4-6-14(15)23-17/h4-10H,3H2,1-2H3,(H,24,31)(H,26,30)(H2,23,25,27,32). The Labute approximate surface area is 186 Å². The second-order valence-electron chi connectivity index (χ2n) is 6.95. The van der Waals surface area contributed by atoms with Gasteiger partial charge < -0.3 is 14.9 Å². The molecule has 0 saturated heterocycles. The minimum absolute atomic E-state index is 0.0315. The number of thiocarbonyl (C=S) groups is 1. The Bertz CT molecular complexity index is 1490. The first-order valence-corrected chi connectivity index (χ1v) is 10.2. The van der Waals surface area contributed by atoms with Crippen molar-refractivity contribution in [3.63, 3.8) is 0 Å². The fourth-order valence-electron chi connectivity index (χ4n) is 3.20. The summed E-state index contributed by atoms with van der Waals surface area (Å²) in [5, 5.41) is 2.92. The highest BCUT2D eigenvalue weighted by atomic mass is 32.1. The van der Waals surface area contributed by atoms with Crippen LogP contribution in [0.2, 0.25) is 0 Å². The largest absolute Gasteiger partial charge is 0.332 e. The number of carbonyl (C=O) groups excluding carboxylic acids is 1. The third-order valence-corrected chi connectivity index (χ3v) is 4.97. The number of pyridine rings is 2. The Kier molecular flexibility index (Phi) is 5.65. The van der Waals surface area contributed by atoms with Crippen LogP contribution < -0.4 is 27.2 Å². The highest BCUT2D eigenvalue weighted by molar-refractivity contribution is 7.80. The number of anilines is 1. The molecule has 11 heteroatoms. The van der Waals surface area contributed by atoms with Crippen LogP contribution in [-0.4, -0.2) is 30.5 Å². The molecule has 0 radical (unpaired) electrons. The summed E-state index contributed by atoms with van der Waals surface area (Å²) in [7, 11) is 0. The molecule has 0 unspecified atom stereocenters. The van der Waals surface area contributed by atoms with Crippen molar-refractivity contribution in [2.24, 2.45) is 0 Å². The quantitative estimate of drug-likeness (QED) is 0.274. The van der Waals surface area contributed by atoms with E-state index in [1.165, 1.54) is 6.20 Å². The minimum atomic E-state index is -0.677. The first-order chi connectivity index (χ1) is 15.4. The summed E-state index contributed by atoms with van der Waals surface area (Å²) < 4.78 is 1.73. The Morgan fingerprint density at radius 3 is 2.69 bits per heavy atom. The van der Waals surface area contributed by atoms with E-state index in [9.17, 15) is 14.4 Å². The molecule has 0 fully saturated rings. The van der Waals surface area contributed by atoms with E-state index in [1.54, 1.807) is 41.0 Å². The highest BCUT2D eigenvalue weighted by Gasteiger charge is 2.16. The molecule has 162 valence electrons. The molecule has 0 aliphatic carbocycles. The molecule has 0 aliphatic heterocycles. The highest BCUT2D eigenvalue weighted by Crippen LogP contribution is 2.11. The Hall–Kier alpha value is -4.12. The van der Waals surface area contributed by atoms with Crippen LogP contribution in [0.3, 0.4) is 0 Å². The normalized spacial score (nSPS) is 10.8. The zero-order chi connectivity index (χ0) is 22.8. The van der Waals surface area contributed by atoms with Crippen molar-refractivity contribution < 1.29 is 4.79 Å². The van der Waals surface area contributed by atoms with Gasteiger partial charge in [0.1, 0.15) is 11.2 Å². The van der Waals surface area contributed by atoms with Gasteiger partial charge in [0, 0.05) is 18.4 Å². The van der Waals surface area contributed by atoms with Gasteiger partial charge in [-0.15, -0.1) is 0 Å². The van der Waals surface area contributed by atoms with Gasteiger partial charge in [-0.25, -0.2) is 9.97 Å². The molecule has 0 spiro atoms. The smallest absolute Gasteiger partial charge is 0.291 e. The number of carbonyl (C=O) groups is 1. The molecule has 32 heavy (non-hydrogen) atoms. The van der Waals surface area contributed by atoms with E-state index in [2.05, 4.69) is 31.1 Å². The molecule has 0 bridgehead atoms. The van der Waals surface area contributed by atoms with Gasteiger partial charge in [-0.3, -0.25) is 25.2 Å². The minimum Gasteiger partial charge on any atom is -0.332 e. The number of rotatable bonds is 3. The van der Waals surface area contributed by atoms with E-state index in [0.29, 0.717) is 28.6 Å². The molecular weight excluding hydrogens is 430 g/mol. The van der Waals surface area contributed by atoms with E-state index in [-0.39, 0.29) is 16.5 Å². The lowest BCUT2D eigenvalue weighted by Gasteiger charge is -2.13. The van der Waals surface area contributed by atoms with Crippen molar-refractivity contribution in [2.75, 3.05) is 5.32 Å². The molecular formula is C21H19N7O3S. The summed E-state index contributed by atoms with van der Waals surface area (Å²) in [6.45, 7) is 4.25. The SMILES string of the molecule is CCn1cc(C(=O)NNC(=S)Nc2nc3ccccc3[nH]c2=O)c(=O)c2ccc(C)nc21. The average Bonchev–Trinajstić information content (AvgIpc) is 2.78. The summed E-state index contributed by atoms with van der Waals surface area (Å²) in [6, 6.07) is 10.4. The molecule has 0 atom stereocenters. The summed E-state index contributed by atoms with van der Waals surface area (Å²) in [4.78, 5) is 49.0. The molecule has 4 aromatic rings. The summed E-state index contributed by atoms with van der Waals surface area (Å²) in [5.74, 6) is -0.708. The van der Waals surface area contributed by atoms with Crippen molar-refractivity contribution in [2.45, 2.75) is 20.4 Å². The molecule has 3 heterocycles. The van der Waals surface area contributed by atoms with E-state index in [4.69, 9.17) is 12.2 Å². The summed E-state index contributed by atoms with van der Waals surface area (Å²) in [5.41, 5.74) is 6.33. The summed E-state index contributed by atoms with van der Waals surface area (Å²) in [6.07, 6.45) is 1.46.